The predicted molar refractivity (Wildman–Crippen MR) is 111 cm³/mol. The highest BCUT2D eigenvalue weighted by molar-refractivity contribution is 7.19. The zero-order chi connectivity index (χ0) is 19.2. The van der Waals surface area contributed by atoms with Crippen LogP contribution in [0.3, 0.4) is 0 Å². The first-order valence-corrected chi connectivity index (χ1v) is 10.6. The summed E-state index contributed by atoms with van der Waals surface area (Å²) in [5.41, 5.74) is 2.53. The maximum Gasteiger partial charge on any atom is 0.253 e. The maximum atomic E-state index is 5.51. The highest BCUT2D eigenvalue weighted by Gasteiger charge is 2.22. The van der Waals surface area contributed by atoms with E-state index >= 15 is 0 Å². The summed E-state index contributed by atoms with van der Waals surface area (Å²) >= 11 is 1.79. The number of aryl methyl sites for hydroxylation is 2. The van der Waals surface area contributed by atoms with Crippen LogP contribution in [-0.2, 0) is 19.4 Å². The zero-order valence-corrected chi connectivity index (χ0v) is 16.5. The number of thiophene rings is 1. The lowest BCUT2D eigenvalue weighted by Crippen LogP contribution is -2.08. The number of nitrogens with one attached hydrogen (secondary N) is 1. The van der Waals surface area contributed by atoms with Crippen LogP contribution in [0.15, 0.2) is 36.7 Å². The van der Waals surface area contributed by atoms with Gasteiger partial charge in [0.05, 0.1) is 5.39 Å². The van der Waals surface area contributed by atoms with Gasteiger partial charge in [-0.3, -0.25) is 0 Å². The van der Waals surface area contributed by atoms with Gasteiger partial charge in [-0.15, -0.1) is 11.3 Å². The second kappa shape index (κ2) is 6.73. The van der Waals surface area contributed by atoms with Crippen LogP contribution in [0.25, 0.3) is 16.2 Å². The molecule has 0 atom stereocenters. The van der Waals surface area contributed by atoms with Crippen molar-refractivity contribution in [3.05, 3.63) is 52.7 Å². The highest BCUT2D eigenvalue weighted by Crippen LogP contribution is 2.39. The van der Waals surface area contributed by atoms with Crippen molar-refractivity contribution in [1.29, 1.82) is 0 Å². The van der Waals surface area contributed by atoms with Crippen molar-refractivity contribution in [2.24, 2.45) is 0 Å². The quantitative estimate of drug-likeness (QED) is 0.551. The molecule has 3 aromatic heterocycles. The van der Waals surface area contributed by atoms with Crippen LogP contribution in [-0.4, -0.2) is 26.5 Å². The van der Waals surface area contributed by atoms with E-state index in [0.29, 0.717) is 12.5 Å². The standard InChI is InChI=1S/C21H19N5O2S/c1-2-5-17-14(4-1)18-19(22-11-13-6-7-15-16(10-13)28-12-27-15)24-21(25-20(18)29-17)26-9-3-8-23-26/h3,6-10H,1-2,4-5,11-12H2,(H,22,24,25). The Morgan fingerprint density at radius 3 is 2.97 bits per heavy atom. The third kappa shape index (κ3) is 2.91. The summed E-state index contributed by atoms with van der Waals surface area (Å²) in [6.45, 7) is 0.930. The molecule has 1 N–H and O–H groups in total. The van der Waals surface area contributed by atoms with Crippen LogP contribution in [0.1, 0.15) is 28.8 Å². The van der Waals surface area contributed by atoms with E-state index in [4.69, 9.17) is 19.4 Å². The summed E-state index contributed by atoms with van der Waals surface area (Å²) in [5.74, 6) is 3.06. The van der Waals surface area contributed by atoms with Gasteiger partial charge in [-0.25, -0.2) is 4.68 Å². The molecule has 0 spiro atoms. The van der Waals surface area contributed by atoms with E-state index in [1.807, 2.05) is 24.4 Å². The molecule has 1 aliphatic heterocycles. The molecule has 0 saturated heterocycles. The van der Waals surface area contributed by atoms with Gasteiger partial charge >= 0.3 is 0 Å². The number of fused-ring (bicyclic) bond motifs is 4. The monoisotopic (exact) mass is 405 g/mol. The lowest BCUT2D eigenvalue weighted by atomic mass is 9.97. The van der Waals surface area contributed by atoms with Gasteiger partial charge in [-0.2, -0.15) is 15.1 Å². The van der Waals surface area contributed by atoms with Gasteiger partial charge in [0.25, 0.3) is 5.95 Å². The number of nitrogens with zero attached hydrogens (tertiary/aromatic N) is 4. The third-order valence-corrected chi connectivity index (χ3v) is 6.59. The van der Waals surface area contributed by atoms with Crippen LogP contribution in [0.2, 0.25) is 0 Å². The van der Waals surface area contributed by atoms with Crippen molar-refractivity contribution in [2.45, 2.75) is 32.2 Å². The van der Waals surface area contributed by atoms with Crippen molar-refractivity contribution in [1.82, 2.24) is 19.7 Å². The molecular weight excluding hydrogens is 386 g/mol. The Kier molecular flexibility index (Phi) is 3.90. The summed E-state index contributed by atoms with van der Waals surface area (Å²) < 4.78 is 12.6. The lowest BCUT2D eigenvalue weighted by molar-refractivity contribution is 0.174. The van der Waals surface area contributed by atoms with Crippen LogP contribution >= 0.6 is 11.3 Å². The van der Waals surface area contributed by atoms with Crippen LogP contribution < -0.4 is 14.8 Å². The predicted octanol–water partition coefficient (Wildman–Crippen LogP) is 4.10. The Labute approximate surface area is 171 Å². The molecular formula is C21H19N5O2S. The van der Waals surface area contributed by atoms with E-state index in [9.17, 15) is 0 Å². The fraction of sp³-hybridized carbons (Fsp3) is 0.286. The largest absolute Gasteiger partial charge is 0.454 e. The van der Waals surface area contributed by atoms with Gasteiger partial charge in [0.1, 0.15) is 10.6 Å². The Balaban J connectivity index is 1.41. The van der Waals surface area contributed by atoms with E-state index in [-0.39, 0.29) is 6.79 Å². The van der Waals surface area contributed by atoms with Gasteiger partial charge < -0.3 is 14.8 Å². The van der Waals surface area contributed by atoms with Gasteiger partial charge in [0.2, 0.25) is 6.79 Å². The third-order valence-electron chi connectivity index (χ3n) is 5.41. The smallest absolute Gasteiger partial charge is 0.253 e. The van der Waals surface area contributed by atoms with Crippen LogP contribution in [0.4, 0.5) is 5.82 Å². The second-order valence-corrected chi connectivity index (χ2v) is 8.34. The van der Waals surface area contributed by atoms with Gasteiger partial charge in [-0.05, 0) is 55.0 Å². The van der Waals surface area contributed by atoms with Crippen molar-refractivity contribution in [3.8, 4) is 17.4 Å². The average molecular weight is 405 g/mol. The number of anilines is 1. The molecule has 0 fully saturated rings. The summed E-state index contributed by atoms with van der Waals surface area (Å²) in [7, 11) is 0. The molecule has 2 aliphatic rings. The molecule has 1 aliphatic carbocycles. The molecule has 0 amide bonds. The van der Waals surface area contributed by atoms with Crippen molar-refractivity contribution >= 4 is 27.4 Å². The molecule has 146 valence electrons. The summed E-state index contributed by atoms with van der Waals surface area (Å²) in [5, 5.41) is 9.03. The maximum absolute atomic E-state index is 5.51. The first-order valence-electron chi connectivity index (χ1n) is 9.80. The molecule has 0 unspecified atom stereocenters. The number of rotatable bonds is 4. The molecule has 0 bridgehead atoms. The van der Waals surface area contributed by atoms with E-state index in [0.717, 1.165) is 40.6 Å². The van der Waals surface area contributed by atoms with Crippen LogP contribution in [0, 0.1) is 0 Å². The van der Waals surface area contributed by atoms with Crippen molar-refractivity contribution in [2.75, 3.05) is 12.1 Å². The summed E-state index contributed by atoms with van der Waals surface area (Å²) in [6.07, 6.45) is 8.32. The molecule has 4 aromatic rings. The zero-order valence-electron chi connectivity index (χ0n) is 15.7. The normalized spacial score (nSPS) is 14.9. The van der Waals surface area contributed by atoms with Gasteiger partial charge in [-0.1, -0.05) is 6.07 Å². The minimum atomic E-state index is 0.285. The molecule has 0 saturated carbocycles. The van der Waals surface area contributed by atoms with Gasteiger partial charge in [0.15, 0.2) is 11.5 Å². The SMILES string of the molecule is c1cnn(-c2nc(NCc3ccc4c(c3)OCO4)c3c4c(sc3n2)CCCC4)c1. The minimum Gasteiger partial charge on any atom is -0.454 e. The van der Waals surface area contributed by atoms with Crippen LogP contribution in [0.5, 0.6) is 11.5 Å². The number of ether oxygens (including phenoxy) is 2. The topological polar surface area (TPSA) is 74.1 Å². The Hall–Kier alpha value is -3.13. The van der Waals surface area contributed by atoms with E-state index in [1.165, 1.54) is 28.7 Å². The molecule has 6 rings (SSSR count). The summed E-state index contributed by atoms with van der Waals surface area (Å²) in [4.78, 5) is 12.1. The molecule has 0 radical (unpaired) electrons. The molecule has 1 aromatic carbocycles. The van der Waals surface area contributed by atoms with E-state index < -0.39 is 0 Å². The Morgan fingerprint density at radius 1 is 1.10 bits per heavy atom. The molecule has 8 heteroatoms. The fourth-order valence-electron chi connectivity index (χ4n) is 4.00. The summed E-state index contributed by atoms with van der Waals surface area (Å²) in [6, 6.07) is 7.91. The number of aromatic nitrogens is 4. The van der Waals surface area contributed by atoms with E-state index in [1.54, 1.807) is 22.2 Å². The first-order chi connectivity index (χ1) is 14.3. The first kappa shape index (κ1) is 16.8. The number of hydrogen-bond donors (Lipinski definition) is 1. The van der Waals surface area contributed by atoms with Crippen molar-refractivity contribution in [3.63, 3.8) is 0 Å². The van der Waals surface area contributed by atoms with Crippen molar-refractivity contribution < 1.29 is 9.47 Å². The number of hydrogen-bond acceptors (Lipinski definition) is 7. The molecule has 29 heavy (non-hydrogen) atoms. The Morgan fingerprint density at radius 2 is 2.03 bits per heavy atom. The van der Waals surface area contributed by atoms with Gasteiger partial charge in [0, 0.05) is 23.8 Å². The lowest BCUT2D eigenvalue weighted by Gasteiger charge is -2.13. The fourth-order valence-corrected chi connectivity index (χ4v) is 5.26. The highest BCUT2D eigenvalue weighted by atomic mass is 32.1. The minimum absolute atomic E-state index is 0.285. The molecule has 4 heterocycles. The molecule has 7 nitrogen and oxygen atoms in total. The number of benzene rings is 1. The average Bonchev–Trinajstić information content (AvgIpc) is 3.50. The second-order valence-electron chi connectivity index (χ2n) is 7.26. The Bertz CT molecular complexity index is 1200. The van der Waals surface area contributed by atoms with E-state index in [2.05, 4.69) is 16.5 Å².